The van der Waals surface area contributed by atoms with Crippen LogP contribution in [0.3, 0.4) is 0 Å². The molecule has 0 saturated carbocycles. The molecular weight excluding hydrogens is 516 g/mol. The fraction of sp³-hybridized carbons (Fsp3) is 0.429. The molecule has 2 N–H and O–H groups in total. The Labute approximate surface area is 205 Å². The molecule has 0 aliphatic heterocycles. The Morgan fingerprint density at radius 1 is 1.31 bits per heavy atom. The molecule has 3 aromatic rings. The van der Waals surface area contributed by atoms with Crippen LogP contribution in [-0.2, 0) is 11.3 Å². The first-order chi connectivity index (χ1) is 15.4. The van der Waals surface area contributed by atoms with Crippen LogP contribution in [0.4, 0.5) is 5.82 Å². The Bertz CT molecular complexity index is 1080. The zero-order chi connectivity index (χ0) is 23.1. The smallest absolute Gasteiger partial charge is 0.252 e. The van der Waals surface area contributed by atoms with Crippen molar-refractivity contribution in [2.24, 2.45) is 0 Å². The molecule has 11 heteroatoms. The number of nitrogens with zero attached hydrogens (tertiary/aromatic N) is 4. The van der Waals surface area contributed by atoms with Gasteiger partial charge in [-0.25, -0.2) is 14.6 Å². The standard InChI is InChI=1S/C21H26BrClN6O2S/c1-4-31-10-8-24-18-16-12-26-29(19(16)28-21(27-18)32-13(2)3)9-7-25-20(30)15-11-14(22)5-6-17(15)23/h5-6,11-13H,4,7-10H2,1-3H3,(H,25,30)(H,24,27,28). The van der Waals surface area contributed by atoms with E-state index in [9.17, 15) is 4.79 Å². The van der Waals surface area contributed by atoms with Crippen LogP contribution in [0.15, 0.2) is 34.0 Å². The molecule has 0 atom stereocenters. The maximum Gasteiger partial charge on any atom is 0.252 e. The molecule has 0 aliphatic rings. The number of hydrogen-bond donors (Lipinski definition) is 2. The van der Waals surface area contributed by atoms with E-state index in [0.29, 0.717) is 53.8 Å². The zero-order valence-electron chi connectivity index (χ0n) is 18.2. The number of ether oxygens (including phenoxy) is 1. The third-order valence-corrected chi connectivity index (χ3v) is 6.03. The second kappa shape index (κ2) is 11.8. The van der Waals surface area contributed by atoms with Crippen molar-refractivity contribution in [3.8, 4) is 0 Å². The molecular formula is C21H26BrClN6O2S. The first-order valence-corrected chi connectivity index (χ1v) is 12.4. The van der Waals surface area contributed by atoms with Gasteiger partial charge in [-0.1, -0.05) is 53.1 Å². The molecule has 2 aromatic heterocycles. The van der Waals surface area contributed by atoms with Crippen molar-refractivity contribution in [1.82, 2.24) is 25.1 Å². The fourth-order valence-electron chi connectivity index (χ4n) is 2.93. The van der Waals surface area contributed by atoms with E-state index in [-0.39, 0.29) is 5.91 Å². The maximum atomic E-state index is 12.5. The van der Waals surface area contributed by atoms with Gasteiger partial charge in [0, 0.05) is 29.4 Å². The number of halogens is 2. The lowest BCUT2D eigenvalue weighted by Gasteiger charge is -2.11. The average Bonchev–Trinajstić information content (AvgIpc) is 3.15. The third-order valence-electron chi connectivity index (χ3n) is 4.34. The Kier molecular flexibility index (Phi) is 9.15. The summed E-state index contributed by atoms with van der Waals surface area (Å²) in [5.74, 6) is 0.491. The molecule has 3 rings (SSSR count). The van der Waals surface area contributed by atoms with Crippen molar-refractivity contribution in [3.63, 3.8) is 0 Å². The number of hydrogen-bond acceptors (Lipinski definition) is 7. The molecule has 2 heterocycles. The molecule has 0 saturated heterocycles. The van der Waals surface area contributed by atoms with E-state index in [1.165, 1.54) is 0 Å². The van der Waals surface area contributed by atoms with Gasteiger partial charge in [0.1, 0.15) is 5.82 Å². The normalized spacial score (nSPS) is 11.3. The van der Waals surface area contributed by atoms with Gasteiger partial charge in [0.2, 0.25) is 0 Å². The molecule has 172 valence electrons. The number of carbonyl (C=O) groups excluding carboxylic acids is 1. The summed E-state index contributed by atoms with van der Waals surface area (Å²) in [6.07, 6.45) is 1.75. The number of anilines is 1. The summed E-state index contributed by atoms with van der Waals surface area (Å²) in [5, 5.41) is 12.9. The maximum absolute atomic E-state index is 12.5. The van der Waals surface area contributed by atoms with Gasteiger partial charge in [0.15, 0.2) is 10.8 Å². The van der Waals surface area contributed by atoms with E-state index in [2.05, 4.69) is 50.5 Å². The van der Waals surface area contributed by atoms with Crippen LogP contribution < -0.4 is 10.6 Å². The summed E-state index contributed by atoms with van der Waals surface area (Å²) >= 11 is 11.1. The Balaban J connectivity index is 1.74. The van der Waals surface area contributed by atoms with Gasteiger partial charge < -0.3 is 15.4 Å². The molecule has 1 aromatic carbocycles. The summed E-state index contributed by atoms with van der Waals surface area (Å²) in [4.78, 5) is 21.9. The van der Waals surface area contributed by atoms with Crippen molar-refractivity contribution < 1.29 is 9.53 Å². The largest absolute Gasteiger partial charge is 0.380 e. The second-order valence-electron chi connectivity index (χ2n) is 7.13. The summed E-state index contributed by atoms with van der Waals surface area (Å²) in [5.41, 5.74) is 1.14. The highest BCUT2D eigenvalue weighted by Crippen LogP contribution is 2.26. The Morgan fingerprint density at radius 2 is 2.12 bits per heavy atom. The first-order valence-electron chi connectivity index (χ1n) is 10.3. The summed E-state index contributed by atoms with van der Waals surface area (Å²) < 4.78 is 7.98. The predicted octanol–water partition coefficient (Wildman–Crippen LogP) is 4.62. The number of fused-ring (bicyclic) bond motifs is 1. The SMILES string of the molecule is CCOCCNc1nc(SC(C)C)nc2c1cnn2CCNC(=O)c1cc(Br)ccc1Cl. The highest BCUT2D eigenvalue weighted by atomic mass is 79.9. The predicted molar refractivity (Wildman–Crippen MR) is 133 cm³/mol. The van der Waals surface area contributed by atoms with Crippen LogP contribution in [0.2, 0.25) is 5.02 Å². The minimum absolute atomic E-state index is 0.239. The van der Waals surface area contributed by atoms with Gasteiger partial charge in [-0.15, -0.1) is 0 Å². The van der Waals surface area contributed by atoms with Crippen LogP contribution >= 0.6 is 39.3 Å². The lowest BCUT2D eigenvalue weighted by molar-refractivity contribution is 0.0952. The molecule has 0 unspecified atom stereocenters. The minimum atomic E-state index is -0.239. The van der Waals surface area contributed by atoms with Crippen molar-refractivity contribution in [3.05, 3.63) is 39.5 Å². The van der Waals surface area contributed by atoms with E-state index < -0.39 is 0 Å². The number of rotatable bonds is 11. The van der Waals surface area contributed by atoms with Gasteiger partial charge in [-0.05, 0) is 25.1 Å². The molecule has 0 spiro atoms. The monoisotopic (exact) mass is 540 g/mol. The van der Waals surface area contributed by atoms with Gasteiger partial charge in [-0.2, -0.15) is 5.10 Å². The number of carbonyl (C=O) groups is 1. The number of aromatic nitrogens is 4. The zero-order valence-corrected chi connectivity index (χ0v) is 21.4. The molecule has 0 radical (unpaired) electrons. The van der Waals surface area contributed by atoms with E-state index >= 15 is 0 Å². The number of nitrogens with one attached hydrogen (secondary N) is 2. The van der Waals surface area contributed by atoms with Crippen LogP contribution in [0, 0.1) is 0 Å². The molecule has 0 aliphatic carbocycles. The lowest BCUT2D eigenvalue weighted by Crippen LogP contribution is -2.27. The lowest BCUT2D eigenvalue weighted by atomic mass is 10.2. The van der Waals surface area contributed by atoms with Crippen LogP contribution in [-0.4, -0.2) is 57.2 Å². The second-order valence-corrected chi connectivity index (χ2v) is 10.00. The van der Waals surface area contributed by atoms with Gasteiger partial charge in [-0.3, -0.25) is 4.79 Å². The topological polar surface area (TPSA) is 94.0 Å². The Hall–Kier alpha value is -1.88. The first kappa shape index (κ1) is 24.8. The van der Waals surface area contributed by atoms with Gasteiger partial charge >= 0.3 is 0 Å². The number of benzene rings is 1. The van der Waals surface area contributed by atoms with Crippen molar-refractivity contribution >= 4 is 62.1 Å². The third kappa shape index (κ3) is 6.57. The molecule has 0 fully saturated rings. The van der Waals surface area contributed by atoms with Crippen molar-refractivity contribution in [2.75, 3.05) is 31.6 Å². The number of thioether (sulfide) groups is 1. The van der Waals surface area contributed by atoms with Crippen molar-refractivity contribution in [2.45, 2.75) is 37.7 Å². The highest BCUT2D eigenvalue weighted by Gasteiger charge is 2.15. The van der Waals surface area contributed by atoms with Crippen LogP contribution in [0.5, 0.6) is 0 Å². The molecule has 8 nitrogen and oxygen atoms in total. The van der Waals surface area contributed by atoms with E-state index in [1.54, 1.807) is 40.8 Å². The van der Waals surface area contributed by atoms with E-state index in [0.717, 1.165) is 21.3 Å². The summed E-state index contributed by atoms with van der Waals surface area (Å²) in [6, 6.07) is 5.18. The average molecular weight is 542 g/mol. The molecule has 0 bridgehead atoms. The minimum Gasteiger partial charge on any atom is -0.380 e. The number of amides is 1. The Morgan fingerprint density at radius 3 is 2.88 bits per heavy atom. The molecule has 32 heavy (non-hydrogen) atoms. The fourth-order valence-corrected chi connectivity index (χ4v) is 4.19. The quantitative estimate of drug-likeness (QED) is 0.208. The van der Waals surface area contributed by atoms with Crippen LogP contribution in [0.25, 0.3) is 11.0 Å². The summed E-state index contributed by atoms with van der Waals surface area (Å²) in [7, 11) is 0. The van der Waals surface area contributed by atoms with Crippen molar-refractivity contribution in [1.29, 1.82) is 0 Å². The van der Waals surface area contributed by atoms with Gasteiger partial charge in [0.05, 0.1) is 35.3 Å². The van der Waals surface area contributed by atoms with E-state index in [1.807, 2.05) is 6.92 Å². The van der Waals surface area contributed by atoms with Gasteiger partial charge in [0.25, 0.3) is 5.91 Å². The summed E-state index contributed by atoms with van der Waals surface area (Å²) in [6.45, 7) is 8.90. The molecule has 1 amide bonds. The van der Waals surface area contributed by atoms with E-state index in [4.69, 9.17) is 21.3 Å². The van der Waals surface area contributed by atoms with Crippen LogP contribution in [0.1, 0.15) is 31.1 Å². The highest BCUT2D eigenvalue weighted by molar-refractivity contribution is 9.10.